The number of ether oxygens (including phenoxy) is 2. The lowest BCUT2D eigenvalue weighted by atomic mass is 9.83. The highest BCUT2D eigenvalue weighted by Gasteiger charge is 2.35. The van der Waals surface area contributed by atoms with E-state index < -0.39 is 33.5 Å². The molecule has 2 aromatic carbocycles. The third-order valence-electron chi connectivity index (χ3n) is 5.93. The molecule has 9 nitrogen and oxygen atoms in total. The molecule has 0 saturated heterocycles. The molecule has 2 N–H and O–H groups in total. The third kappa shape index (κ3) is 6.31. The normalized spacial score (nSPS) is 15.8. The number of nitriles is 1. The average Bonchev–Trinajstić information content (AvgIpc) is 2.85. The first-order chi connectivity index (χ1) is 16.6. The van der Waals surface area contributed by atoms with Crippen LogP contribution < -0.4 is 14.8 Å². The number of benzene rings is 2. The first-order valence-electron chi connectivity index (χ1n) is 11.3. The van der Waals surface area contributed by atoms with Crippen LogP contribution in [0, 0.1) is 18.3 Å². The summed E-state index contributed by atoms with van der Waals surface area (Å²) in [5, 5.41) is 12.3. The fraction of sp³-hybridized carbons (Fsp3) is 0.400. The molecule has 1 aliphatic rings. The first kappa shape index (κ1) is 26.0. The minimum absolute atomic E-state index is 0.0419. The van der Waals surface area contributed by atoms with Gasteiger partial charge in [0.05, 0.1) is 18.7 Å². The van der Waals surface area contributed by atoms with E-state index in [1.165, 1.54) is 26.2 Å². The van der Waals surface area contributed by atoms with Gasteiger partial charge < -0.3 is 14.8 Å². The number of methoxy groups -OCH3 is 1. The number of carbonyl (C=O) groups is 2. The zero-order valence-electron chi connectivity index (χ0n) is 20.0. The molecule has 0 aromatic heterocycles. The maximum atomic E-state index is 13.0. The smallest absolute Gasteiger partial charge is 0.338 e. The van der Waals surface area contributed by atoms with Gasteiger partial charge in [-0.15, -0.1) is 0 Å². The van der Waals surface area contributed by atoms with Crippen LogP contribution in [0.3, 0.4) is 0 Å². The Bertz CT molecular complexity index is 1230. The summed E-state index contributed by atoms with van der Waals surface area (Å²) >= 11 is 0. The van der Waals surface area contributed by atoms with Gasteiger partial charge in [-0.2, -0.15) is 5.26 Å². The molecule has 35 heavy (non-hydrogen) atoms. The fourth-order valence-electron chi connectivity index (χ4n) is 3.89. The highest BCUT2D eigenvalue weighted by molar-refractivity contribution is 7.92. The average molecular weight is 500 g/mol. The standard InChI is InChI=1S/C25H29N3O6S/c1-17-7-10-20(11-8-17)28-35(31,32)22-15-19(9-12-21(22)33-3)24(30)34-18(2)23(29)27-25(16-26)13-5-4-6-14-25/h7-12,15,18,28H,4-6,13-14H2,1-3H3,(H,27,29). The molecule has 0 spiro atoms. The number of aryl methyl sites for hydroxylation is 1. The van der Waals surface area contributed by atoms with Gasteiger partial charge in [-0.1, -0.05) is 37.0 Å². The molecule has 10 heteroatoms. The summed E-state index contributed by atoms with van der Waals surface area (Å²) < 4.78 is 39.0. The molecular weight excluding hydrogens is 470 g/mol. The third-order valence-corrected chi connectivity index (χ3v) is 7.33. The van der Waals surface area contributed by atoms with Crippen LogP contribution in [0.5, 0.6) is 5.75 Å². The first-order valence-corrected chi connectivity index (χ1v) is 12.8. The molecule has 0 bridgehead atoms. The largest absolute Gasteiger partial charge is 0.495 e. The lowest BCUT2D eigenvalue weighted by Crippen LogP contribution is -2.52. The Morgan fingerprint density at radius 1 is 1.09 bits per heavy atom. The van der Waals surface area contributed by atoms with Crippen molar-refractivity contribution >= 4 is 27.6 Å². The van der Waals surface area contributed by atoms with Gasteiger partial charge in [-0.25, -0.2) is 13.2 Å². The van der Waals surface area contributed by atoms with Gasteiger partial charge in [0.2, 0.25) is 0 Å². The Balaban J connectivity index is 1.76. The predicted molar refractivity (Wildman–Crippen MR) is 129 cm³/mol. The summed E-state index contributed by atoms with van der Waals surface area (Å²) in [7, 11) is -2.78. The quantitative estimate of drug-likeness (QED) is 0.529. The molecule has 1 saturated carbocycles. The van der Waals surface area contributed by atoms with E-state index in [2.05, 4.69) is 16.1 Å². The second kappa shape index (κ2) is 10.8. The topological polar surface area (TPSA) is 135 Å². The van der Waals surface area contributed by atoms with E-state index in [0.717, 1.165) is 30.9 Å². The van der Waals surface area contributed by atoms with Crippen molar-refractivity contribution in [3.05, 3.63) is 53.6 Å². The van der Waals surface area contributed by atoms with E-state index in [0.29, 0.717) is 18.5 Å². The summed E-state index contributed by atoms with van der Waals surface area (Å²) in [5.74, 6) is -1.42. The number of amides is 1. The molecule has 1 amide bonds. The summed E-state index contributed by atoms with van der Waals surface area (Å²) in [4.78, 5) is 25.1. The molecule has 1 fully saturated rings. The van der Waals surface area contributed by atoms with Crippen molar-refractivity contribution in [3.8, 4) is 11.8 Å². The van der Waals surface area contributed by atoms with Gasteiger partial charge in [0.1, 0.15) is 16.2 Å². The predicted octanol–water partition coefficient (Wildman–Crippen LogP) is 3.69. The van der Waals surface area contributed by atoms with Crippen molar-refractivity contribution in [3.63, 3.8) is 0 Å². The number of anilines is 1. The molecule has 2 aromatic rings. The Hall–Kier alpha value is -3.58. The Morgan fingerprint density at radius 3 is 2.34 bits per heavy atom. The fourth-order valence-corrected chi connectivity index (χ4v) is 5.14. The second-order valence-corrected chi connectivity index (χ2v) is 10.3. The highest BCUT2D eigenvalue weighted by Crippen LogP contribution is 2.29. The van der Waals surface area contributed by atoms with Gasteiger partial charge in [0.15, 0.2) is 6.10 Å². The molecule has 0 heterocycles. The number of nitrogens with one attached hydrogen (secondary N) is 2. The lowest BCUT2D eigenvalue weighted by Gasteiger charge is -2.32. The van der Waals surface area contributed by atoms with E-state index in [9.17, 15) is 23.3 Å². The second-order valence-electron chi connectivity index (χ2n) is 8.63. The van der Waals surface area contributed by atoms with Crippen LogP contribution in [0.4, 0.5) is 5.69 Å². The van der Waals surface area contributed by atoms with Crippen LogP contribution in [0.2, 0.25) is 0 Å². The van der Waals surface area contributed by atoms with Gasteiger partial charge in [-0.05, 0) is 57.0 Å². The van der Waals surface area contributed by atoms with Crippen LogP contribution in [0.15, 0.2) is 47.4 Å². The van der Waals surface area contributed by atoms with Crippen molar-refractivity contribution in [2.45, 2.75) is 62.5 Å². The number of sulfonamides is 1. The van der Waals surface area contributed by atoms with Crippen molar-refractivity contribution in [2.75, 3.05) is 11.8 Å². The van der Waals surface area contributed by atoms with E-state index in [4.69, 9.17) is 9.47 Å². The van der Waals surface area contributed by atoms with E-state index in [-0.39, 0.29) is 16.2 Å². The van der Waals surface area contributed by atoms with Crippen LogP contribution in [0.25, 0.3) is 0 Å². The van der Waals surface area contributed by atoms with E-state index >= 15 is 0 Å². The minimum atomic E-state index is -4.10. The van der Waals surface area contributed by atoms with Crippen molar-refractivity contribution < 1.29 is 27.5 Å². The molecule has 3 rings (SSSR count). The molecule has 1 unspecified atom stereocenters. The molecule has 186 valence electrons. The Morgan fingerprint density at radius 2 is 1.74 bits per heavy atom. The summed E-state index contributed by atoms with van der Waals surface area (Å²) in [5.41, 5.74) is 0.295. The van der Waals surface area contributed by atoms with Crippen LogP contribution in [0.1, 0.15) is 54.9 Å². The van der Waals surface area contributed by atoms with Gasteiger partial charge in [0, 0.05) is 5.69 Å². The highest BCUT2D eigenvalue weighted by atomic mass is 32.2. The summed E-state index contributed by atoms with van der Waals surface area (Å²) in [6.07, 6.45) is 2.59. The van der Waals surface area contributed by atoms with Gasteiger partial charge in [0.25, 0.3) is 15.9 Å². The molecular formula is C25H29N3O6S. The molecule has 1 atom stereocenters. The molecule has 1 aliphatic carbocycles. The van der Waals surface area contributed by atoms with Gasteiger partial charge in [-0.3, -0.25) is 9.52 Å². The minimum Gasteiger partial charge on any atom is -0.495 e. The number of nitrogens with zero attached hydrogens (tertiary/aromatic N) is 1. The number of hydrogen-bond donors (Lipinski definition) is 2. The maximum absolute atomic E-state index is 13.0. The number of rotatable bonds is 8. The summed E-state index contributed by atoms with van der Waals surface area (Å²) in [6, 6.07) is 12.8. The zero-order chi connectivity index (χ0) is 25.6. The van der Waals surface area contributed by atoms with Crippen LogP contribution >= 0.6 is 0 Å². The number of hydrogen-bond acceptors (Lipinski definition) is 7. The van der Waals surface area contributed by atoms with Crippen molar-refractivity contribution in [1.29, 1.82) is 5.26 Å². The molecule has 0 aliphatic heterocycles. The van der Waals surface area contributed by atoms with Gasteiger partial charge >= 0.3 is 5.97 Å². The van der Waals surface area contributed by atoms with Crippen LogP contribution in [-0.2, 0) is 19.6 Å². The number of esters is 1. The van der Waals surface area contributed by atoms with Crippen molar-refractivity contribution in [2.24, 2.45) is 0 Å². The number of carbonyl (C=O) groups excluding carboxylic acids is 2. The Labute approximate surface area is 205 Å². The van der Waals surface area contributed by atoms with Crippen LogP contribution in [-0.4, -0.2) is 39.0 Å². The SMILES string of the molecule is COc1ccc(C(=O)OC(C)C(=O)NC2(C#N)CCCCC2)cc1S(=O)(=O)Nc1ccc(C)cc1. The zero-order valence-corrected chi connectivity index (χ0v) is 20.8. The summed E-state index contributed by atoms with van der Waals surface area (Å²) in [6.45, 7) is 3.29. The van der Waals surface area contributed by atoms with E-state index in [1.54, 1.807) is 24.3 Å². The van der Waals surface area contributed by atoms with Crippen molar-refractivity contribution in [1.82, 2.24) is 5.32 Å². The lowest BCUT2D eigenvalue weighted by molar-refractivity contribution is -0.130. The maximum Gasteiger partial charge on any atom is 0.338 e. The van der Waals surface area contributed by atoms with E-state index in [1.807, 2.05) is 6.92 Å². The monoisotopic (exact) mass is 499 g/mol. The Kier molecular flexibility index (Phi) is 8.02. The molecule has 0 radical (unpaired) electrons.